The van der Waals surface area contributed by atoms with E-state index in [-0.39, 0.29) is 5.56 Å². The number of halogens is 1. The van der Waals surface area contributed by atoms with Gasteiger partial charge in [0.1, 0.15) is 4.88 Å². The zero-order valence-corrected chi connectivity index (χ0v) is 21.4. The lowest BCUT2D eigenvalue weighted by Crippen LogP contribution is -2.22. The number of para-hydroxylation sites is 1. The SMILES string of the molecule is Cc1cccc(-n2c(-c3sc(Nc4ccc(Cl)cc4)nc3-c3ccccc3)nc3ccccc3c2=O)c1. The fourth-order valence-electron chi connectivity index (χ4n) is 4.27. The second-order valence-electron chi connectivity index (χ2n) is 8.63. The molecule has 4 aromatic carbocycles. The number of aryl methyl sites for hydroxylation is 1. The fraction of sp³-hybridized carbons (Fsp3) is 0.0333. The number of hydrogen-bond acceptors (Lipinski definition) is 5. The third-order valence-corrected chi connectivity index (χ3v) is 7.23. The molecule has 7 heteroatoms. The number of benzene rings is 4. The summed E-state index contributed by atoms with van der Waals surface area (Å²) in [5.41, 5.74) is 4.91. The Hall–Kier alpha value is -4.26. The van der Waals surface area contributed by atoms with Crippen molar-refractivity contribution in [1.29, 1.82) is 0 Å². The van der Waals surface area contributed by atoms with Gasteiger partial charge in [0.15, 0.2) is 11.0 Å². The maximum absolute atomic E-state index is 13.9. The first kappa shape index (κ1) is 23.2. The van der Waals surface area contributed by atoms with E-state index >= 15 is 0 Å². The van der Waals surface area contributed by atoms with Crippen molar-refractivity contribution in [2.24, 2.45) is 0 Å². The predicted octanol–water partition coefficient (Wildman–Crippen LogP) is 7.88. The highest BCUT2D eigenvalue weighted by atomic mass is 35.5. The zero-order valence-electron chi connectivity index (χ0n) is 19.9. The van der Waals surface area contributed by atoms with Gasteiger partial charge in [0.25, 0.3) is 5.56 Å². The molecule has 0 aliphatic carbocycles. The number of nitrogens with one attached hydrogen (secondary N) is 1. The number of rotatable bonds is 5. The van der Waals surface area contributed by atoms with E-state index in [4.69, 9.17) is 21.6 Å². The van der Waals surface area contributed by atoms with Crippen molar-refractivity contribution in [1.82, 2.24) is 14.5 Å². The number of thiazole rings is 1. The van der Waals surface area contributed by atoms with Crippen LogP contribution < -0.4 is 10.9 Å². The summed E-state index contributed by atoms with van der Waals surface area (Å²) in [5, 5.41) is 5.31. The fourth-order valence-corrected chi connectivity index (χ4v) is 5.38. The lowest BCUT2D eigenvalue weighted by Gasteiger charge is -2.14. The second kappa shape index (κ2) is 9.65. The number of hydrogen-bond donors (Lipinski definition) is 1. The second-order valence-corrected chi connectivity index (χ2v) is 10.1. The molecule has 6 rings (SSSR count). The smallest absolute Gasteiger partial charge is 0.266 e. The molecular weight excluding hydrogens is 500 g/mol. The Bertz CT molecular complexity index is 1790. The molecule has 6 aromatic rings. The highest BCUT2D eigenvalue weighted by Crippen LogP contribution is 2.40. The Kier molecular flexibility index (Phi) is 6.04. The Balaban J connectivity index is 1.62. The van der Waals surface area contributed by atoms with Crippen LogP contribution in [0.1, 0.15) is 5.56 Å². The summed E-state index contributed by atoms with van der Waals surface area (Å²) in [5.74, 6) is 0.551. The van der Waals surface area contributed by atoms with Crippen LogP contribution in [0, 0.1) is 6.92 Å². The Labute approximate surface area is 222 Å². The Morgan fingerprint density at radius 3 is 2.38 bits per heavy atom. The summed E-state index contributed by atoms with van der Waals surface area (Å²) in [4.78, 5) is 24.7. The van der Waals surface area contributed by atoms with Crippen molar-refractivity contribution in [3.63, 3.8) is 0 Å². The standard InChI is InChI=1S/C30H21ClN4OS/c1-19-8-7-11-23(18-19)35-28(33-25-13-6-5-12-24(25)29(35)36)27-26(20-9-3-2-4-10-20)34-30(37-27)32-22-16-14-21(31)15-17-22/h2-18H,1H3,(H,32,34). The average molecular weight is 521 g/mol. The van der Waals surface area contributed by atoms with E-state index in [1.807, 2.05) is 110 Å². The van der Waals surface area contributed by atoms with Gasteiger partial charge in [0.2, 0.25) is 0 Å². The van der Waals surface area contributed by atoms with Gasteiger partial charge in [0.05, 0.1) is 22.3 Å². The molecule has 0 atom stereocenters. The third kappa shape index (κ3) is 4.53. The van der Waals surface area contributed by atoms with Gasteiger partial charge in [-0.05, 0) is 61.0 Å². The maximum Gasteiger partial charge on any atom is 0.266 e. The Morgan fingerprint density at radius 1 is 0.838 bits per heavy atom. The van der Waals surface area contributed by atoms with Crippen LogP contribution in [0.15, 0.2) is 108 Å². The minimum absolute atomic E-state index is 0.120. The summed E-state index contributed by atoms with van der Waals surface area (Å²) in [7, 11) is 0. The van der Waals surface area contributed by atoms with Gasteiger partial charge in [-0.1, -0.05) is 77.5 Å². The monoisotopic (exact) mass is 520 g/mol. The number of nitrogens with zero attached hydrogens (tertiary/aromatic N) is 3. The van der Waals surface area contributed by atoms with Crippen LogP contribution in [0.4, 0.5) is 10.8 Å². The molecule has 0 radical (unpaired) electrons. The van der Waals surface area contributed by atoms with Crippen LogP contribution in [0.25, 0.3) is 38.5 Å². The normalized spacial score (nSPS) is 11.1. The molecule has 2 aromatic heterocycles. The first-order chi connectivity index (χ1) is 18.1. The topological polar surface area (TPSA) is 59.8 Å². The van der Waals surface area contributed by atoms with Crippen LogP contribution in [0.3, 0.4) is 0 Å². The maximum atomic E-state index is 13.9. The molecule has 0 bridgehead atoms. The predicted molar refractivity (Wildman–Crippen MR) is 153 cm³/mol. The van der Waals surface area contributed by atoms with Gasteiger partial charge < -0.3 is 5.32 Å². The molecule has 180 valence electrons. The van der Waals surface area contributed by atoms with Crippen molar-refractivity contribution in [3.05, 3.63) is 124 Å². The number of anilines is 2. The summed E-state index contributed by atoms with van der Waals surface area (Å²) < 4.78 is 1.70. The van der Waals surface area contributed by atoms with Gasteiger partial charge in [0, 0.05) is 16.3 Å². The van der Waals surface area contributed by atoms with Gasteiger partial charge in [-0.3, -0.25) is 9.36 Å². The largest absolute Gasteiger partial charge is 0.332 e. The van der Waals surface area contributed by atoms with Crippen LogP contribution in [0.5, 0.6) is 0 Å². The molecule has 0 amide bonds. The van der Waals surface area contributed by atoms with E-state index in [1.165, 1.54) is 11.3 Å². The van der Waals surface area contributed by atoms with Gasteiger partial charge in [-0.25, -0.2) is 9.97 Å². The van der Waals surface area contributed by atoms with E-state index in [2.05, 4.69) is 5.32 Å². The van der Waals surface area contributed by atoms with Crippen LogP contribution >= 0.6 is 22.9 Å². The van der Waals surface area contributed by atoms with Crippen molar-refractivity contribution in [2.45, 2.75) is 6.92 Å². The lowest BCUT2D eigenvalue weighted by atomic mass is 10.1. The van der Waals surface area contributed by atoms with E-state index in [0.29, 0.717) is 26.9 Å². The number of aromatic nitrogens is 3. The molecule has 1 N–H and O–H groups in total. The molecule has 0 saturated heterocycles. The minimum atomic E-state index is -0.120. The summed E-state index contributed by atoms with van der Waals surface area (Å²) in [6, 6.07) is 32.8. The molecule has 37 heavy (non-hydrogen) atoms. The van der Waals surface area contributed by atoms with Crippen molar-refractivity contribution < 1.29 is 0 Å². The van der Waals surface area contributed by atoms with Crippen molar-refractivity contribution in [3.8, 4) is 27.6 Å². The first-order valence-electron chi connectivity index (χ1n) is 11.7. The average Bonchev–Trinajstić information content (AvgIpc) is 3.34. The third-order valence-electron chi connectivity index (χ3n) is 6.01. The van der Waals surface area contributed by atoms with Crippen LogP contribution in [0.2, 0.25) is 5.02 Å². The van der Waals surface area contributed by atoms with Crippen LogP contribution in [-0.4, -0.2) is 14.5 Å². The highest BCUT2D eigenvalue weighted by Gasteiger charge is 2.22. The van der Waals surface area contributed by atoms with E-state index in [1.54, 1.807) is 4.57 Å². The van der Waals surface area contributed by atoms with Gasteiger partial charge >= 0.3 is 0 Å². The first-order valence-corrected chi connectivity index (χ1v) is 12.9. The minimum Gasteiger partial charge on any atom is -0.332 e. The number of fused-ring (bicyclic) bond motifs is 1. The van der Waals surface area contributed by atoms with Gasteiger partial charge in [-0.2, -0.15) is 0 Å². The Morgan fingerprint density at radius 2 is 1.59 bits per heavy atom. The van der Waals surface area contributed by atoms with E-state index < -0.39 is 0 Å². The van der Waals surface area contributed by atoms with Gasteiger partial charge in [-0.15, -0.1) is 0 Å². The summed E-state index contributed by atoms with van der Waals surface area (Å²) in [6.45, 7) is 2.01. The molecule has 0 aliphatic heterocycles. The lowest BCUT2D eigenvalue weighted by molar-refractivity contribution is 0.977. The van der Waals surface area contributed by atoms with Crippen LogP contribution in [-0.2, 0) is 0 Å². The zero-order chi connectivity index (χ0) is 25.4. The summed E-state index contributed by atoms with van der Waals surface area (Å²) >= 11 is 7.53. The highest BCUT2D eigenvalue weighted by molar-refractivity contribution is 7.19. The van der Waals surface area contributed by atoms with E-state index in [0.717, 1.165) is 33.1 Å². The summed E-state index contributed by atoms with van der Waals surface area (Å²) in [6.07, 6.45) is 0. The quantitative estimate of drug-likeness (QED) is 0.251. The molecule has 0 saturated carbocycles. The molecule has 2 heterocycles. The molecule has 5 nitrogen and oxygen atoms in total. The molecule has 0 fully saturated rings. The molecule has 0 spiro atoms. The van der Waals surface area contributed by atoms with Crippen molar-refractivity contribution >= 4 is 44.7 Å². The molecular formula is C30H21ClN4OS. The molecule has 0 unspecified atom stereocenters. The van der Waals surface area contributed by atoms with Crippen molar-refractivity contribution in [2.75, 3.05) is 5.32 Å². The van der Waals surface area contributed by atoms with E-state index in [9.17, 15) is 4.79 Å². The molecule has 0 aliphatic rings.